The number of aldehydes is 1. The zero-order valence-corrected chi connectivity index (χ0v) is 8.75. The summed E-state index contributed by atoms with van der Waals surface area (Å²) in [5.41, 5.74) is 1.03. The molecule has 0 aliphatic rings. The van der Waals surface area contributed by atoms with Crippen LogP contribution in [0.25, 0.3) is 0 Å². The van der Waals surface area contributed by atoms with Gasteiger partial charge >= 0.3 is 0 Å². The summed E-state index contributed by atoms with van der Waals surface area (Å²) in [5.74, 6) is 0. The molecule has 0 rings (SSSR count). The van der Waals surface area contributed by atoms with Crippen molar-refractivity contribution in [2.75, 3.05) is 0 Å². The van der Waals surface area contributed by atoms with Gasteiger partial charge < -0.3 is 0 Å². The van der Waals surface area contributed by atoms with Crippen molar-refractivity contribution in [2.45, 2.75) is 46.0 Å². The molecule has 0 saturated heterocycles. The number of hydrogen-bond acceptors (Lipinski definition) is 1. The molecule has 1 nitrogen and oxygen atoms in total. The fourth-order valence-corrected chi connectivity index (χ4v) is 1.12. The average Bonchev–Trinajstić information content (AvgIpc) is 2.11. The Labute approximate surface area is 81.5 Å². The normalized spacial score (nSPS) is 12.3. The van der Waals surface area contributed by atoms with Gasteiger partial charge in [-0.25, -0.2) is 0 Å². The molecule has 0 amide bonds. The van der Waals surface area contributed by atoms with E-state index in [1.54, 1.807) is 6.08 Å². The predicted molar refractivity (Wildman–Crippen MR) is 57.7 cm³/mol. The van der Waals surface area contributed by atoms with Crippen LogP contribution >= 0.6 is 0 Å². The number of allylic oxidation sites excluding steroid dienone is 4. The highest BCUT2D eigenvalue weighted by molar-refractivity contribution is 5.66. The first-order valence-electron chi connectivity index (χ1n) is 5.10. The second kappa shape index (κ2) is 9.24. The first kappa shape index (κ1) is 12.2. The largest absolute Gasteiger partial charge is 0.299 e. The summed E-state index contributed by atoms with van der Waals surface area (Å²) in [4.78, 5) is 10.1. The van der Waals surface area contributed by atoms with Gasteiger partial charge in [-0.2, -0.15) is 0 Å². The minimum Gasteiger partial charge on any atom is -0.299 e. The maximum absolute atomic E-state index is 10.1. The van der Waals surface area contributed by atoms with Crippen LogP contribution < -0.4 is 0 Å². The Morgan fingerprint density at radius 3 is 2.62 bits per heavy atom. The quantitative estimate of drug-likeness (QED) is 0.253. The number of carbonyl (C=O) groups is 1. The Kier molecular flexibility index (Phi) is 8.64. The fourth-order valence-electron chi connectivity index (χ4n) is 1.12. The highest BCUT2D eigenvalue weighted by atomic mass is 16.1. The van der Waals surface area contributed by atoms with Crippen molar-refractivity contribution in [2.24, 2.45) is 0 Å². The van der Waals surface area contributed by atoms with Gasteiger partial charge in [0.2, 0.25) is 0 Å². The molecule has 74 valence electrons. The Bertz CT molecular complexity index is 178. The number of carbonyl (C=O) groups excluding carboxylic acids is 1. The Balaban J connectivity index is 3.40. The van der Waals surface area contributed by atoms with E-state index in [2.05, 4.69) is 13.0 Å². The molecule has 13 heavy (non-hydrogen) atoms. The van der Waals surface area contributed by atoms with Crippen molar-refractivity contribution in [1.29, 1.82) is 0 Å². The molecule has 0 atom stereocenters. The van der Waals surface area contributed by atoms with E-state index in [1.807, 2.05) is 13.0 Å². The minimum atomic E-state index is 0.830. The van der Waals surface area contributed by atoms with Gasteiger partial charge in [0, 0.05) is 0 Å². The molecule has 0 heterocycles. The van der Waals surface area contributed by atoms with Crippen LogP contribution in [-0.4, -0.2) is 6.29 Å². The lowest BCUT2D eigenvalue weighted by Gasteiger charge is -1.94. The van der Waals surface area contributed by atoms with Gasteiger partial charge in [0.1, 0.15) is 6.29 Å². The molecule has 0 aromatic carbocycles. The SMILES string of the molecule is CCCCCCC=CC(C)=CC=O. The van der Waals surface area contributed by atoms with Crippen LogP contribution in [0.3, 0.4) is 0 Å². The topological polar surface area (TPSA) is 17.1 Å². The molecule has 0 unspecified atom stereocenters. The van der Waals surface area contributed by atoms with Crippen molar-refractivity contribution in [3.05, 3.63) is 23.8 Å². The van der Waals surface area contributed by atoms with Crippen molar-refractivity contribution >= 4 is 6.29 Å². The monoisotopic (exact) mass is 180 g/mol. The minimum absolute atomic E-state index is 0.830. The molecule has 0 saturated carbocycles. The second-order valence-electron chi connectivity index (χ2n) is 3.30. The molecule has 0 N–H and O–H groups in total. The third-order valence-corrected chi connectivity index (χ3v) is 1.94. The van der Waals surface area contributed by atoms with Gasteiger partial charge in [-0.05, 0) is 31.4 Å². The van der Waals surface area contributed by atoms with E-state index in [-0.39, 0.29) is 0 Å². The second-order valence-corrected chi connectivity index (χ2v) is 3.30. The summed E-state index contributed by atoms with van der Waals surface area (Å²) in [6.07, 6.45) is 12.9. The lowest BCUT2D eigenvalue weighted by atomic mass is 10.1. The van der Waals surface area contributed by atoms with Gasteiger partial charge in [-0.15, -0.1) is 0 Å². The van der Waals surface area contributed by atoms with Crippen LogP contribution in [0.5, 0.6) is 0 Å². The van der Waals surface area contributed by atoms with E-state index in [9.17, 15) is 4.79 Å². The average molecular weight is 180 g/mol. The zero-order chi connectivity index (χ0) is 9.94. The highest BCUT2D eigenvalue weighted by Gasteiger charge is 1.84. The molecule has 0 bridgehead atoms. The molecule has 0 aromatic heterocycles. The summed E-state index contributed by atoms with van der Waals surface area (Å²) in [6.45, 7) is 4.16. The Morgan fingerprint density at radius 2 is 2.00 bits per heavy atom. The summed E-state index contributed by atoms with van der Waals surface area (Å²) in [5, 5.41) is 0. The van der Waals surface area contributed by atoms with E-state index in [0.29, 0.717) is 0 Å². The fraction of sp³-hybridized carbons (Fsp3) is 0.583. The molecule has 0 aliphatic carbocycles. The molecular formula is C12H20O. The van der Waals surface area contributed by atoms with E-state index in [1.165, 1.54) is 25.7 Å². The Morgan fingerprint density at radius 1 is 1.23 bits per heavy atom. The molecule has 1 heteroatoms. The van der Waals surface area contributed by atoms with Crippen LogP contribution in [0, 0.1) is 0 Å². The Hall–Kier alpha value is -0.850. The summed E-state index contributed by atoms with van der Waals surface area (Å²) < 4.78 is 0. The van der Waals surface area contributed by atoms with Crippen LogP contribution in [0.4, 0.5) is 0 Å². The van der Waals surface area contributed by atoms with Crippen LogP contribution in [-0.2, 0) is 4.79 Å². The number of unbranched alkanes of at least 4 members (excludes halogenated alkanes) is 4. The van der Waals surface area contributed by atoms with Gasteiger partial charge in [0.05, 0.1) is 0 Å². The molecule has 0 fully saturated rings. The van der Waals surface area contributed by atoms with Gasteiger partial charge in [0.15, 0.2) is 0 Å². The van der Waals surface area contributed by atoms with Crippen LogP contribution in [0.2, 0.25) is 0 Å². The lowest BCUT2D eigenvalue weighted by Crippen LogP contribution is -1.74. The molecular weight excluding hydrogens is 160 g/mol. The van der Waals surface area contributed by atoms with Gasteiger partial charge in [0.25, 0.3) is 0 Å². The maximum Gasteiger partial charge on any atom is 0.143 e. The number of rotatable bonds is 7. The molecule has 0 aromatic rings. The first-order valence-corrected chi connectivity index (χ1v) is 5.10. The van der Waals surface area contributed by atoms with Crippen LogP contribution in [0.15, 0.2) is 23.8 Å². The van der Waals surface area contributed by atoms with Crippen LogP contribution in [0.1, 0.15) is 46.0 Å². The molecule has 0 aliphatic heterocycles. The van der Waals surface area contributed by atoms with Crippen molar-refractivity contribution < 1.29 is 4.79 Å². The van der Waals surface area contributed by atoms with Gasteiger partial charge in [-0.1, -0.05) is 38.3 Å². The summed E-state index contributed by atoms with van der Waals surface area (Å²) >= 11 is 0. The molecule has 0 radical (unpaired) electrons. The predicted octanol–water partition coefficient (Wildman–Crippen LogP) is 3.66. The summed E-state index contributed by atoms with van der Waals surface area (Å²) in [7, 11) is 0. The molecule has 0 spiro atoms. The van der Waals surface area contributed by atoms with Crippen molar-refractivity contribution in [3.8, 4) is 0 Å². The third kappa shape index (κ3) is 9.06. The summed E-state index contributed by atoms with van der Waals surface area (Å²) in [6, 6.07) is 0. The van der Waals surface area contributed by atoms with Crippen molar-refractivity contribution in [1.82, 2.24) is 0 Å². The van der Waals surface area contributed by atoms with E-state index < -0.39 is 0 Å². The van der Waals surface area contributed by atoms with E-state index in [4.69, 9.17) is 0 Å². The number of hydrogen-bond donors (Lipinski definition) is 0. The van der Waals surface area contributed by atoms with E-state index >= 15 is 0 Å². The first-order chi connectivity index (χ1) is 6.31. The third-order valence-electron chi connectivity index (χ3n) is 1.94. The maximum atomic E-state index is 10.1. The standard InChI is InChI=1S/C12H20O/c1-3-4-5-6-7-8-9-12(2)10-11-13/h8-11H,3-7H2,1-2H3. The lowest BCUT2D eigenvalue weighted by molar-refractivity contribution is -0.104. The van der Waals surface area contributed by atoms with Crippen molar-refractivity contribution in [3.63, 3.8) is 0 Å². The smallest absolute Gasteiger partial charge is 0.143 e. The van der Waals surface area contributed by atoms with Gasteiger partial charge in [-0.3, -0.25) is 4.79 Å². The van der Waals surface area contributed by atoms with E-state index in [0.717, 1.165) is 18.3 Å². The zero-order valence-electron chi connectivity index (χ0n) is 8.75. The highest BCUT2D eigenvalue weighted by Crippen LogP contribution is 2.04.